The van der Waals surface area contributed by atoms with Gasteiger partial charge in [-0.15, -0.1) is 0 Å². The maximum atomic E-state index is 12.3. The van der Waals surface area contributed by atoms with Crippen molar-refractivity contribution in [1.29, 1.82) is 0 Å². The molecule has 134 valence electrons. The van der Waals surface area contributed by atoms with E-state index in [9.17, 15) is 4.79 Å². The van der Waals surface area contributed by atoms with Crippen LogP contribution in [0.5, 0.6) is 0 Å². The molecule has 5 heteroatoms. The van der Waals surface area contributed by atoms with Gasteiger partial charge in [-0.1, -0.05) is 53.5 Å². The Bertz CT molecular complexity index is 731. The van der Waals surface area contributed by atoms with Gasteiger partial charge in [0, 0.05) is 29.2 Å². The Balaban J connectivity index is 1.97. The summed E-state index contributed by atoms with van der Waals surface area (Å²) in [5, 5.41) is 4.07. The third kappa shape index (κ3) is 6.03. The highest BCUT2D eigenvalue weighted by Crippen LogP contribution is 2.21. The lowest BCUT2D eigenvalue weighted by atomic mass is 10.1. The molecular formula is C20H24Cl2N2O. The van der Waals surface area contributed by atoms with E-state index in [0.717, 1.165) is 17.7 Å². The molecule has 2 aromatic carbocycles. The number of hydrogen-bond acceptors (Lipinski definition) is 2. The summed E-state index contributed by atoms with van der Waals surface area (Å²) in [5.74, 6) is -0.0590. The summed E-state index contributed by atoms with van der Waals surface area (Å²) in [6.07, 6.45) is 0.240. The Morgan fingerprint density at radius 3 is 2.40 bits per heavy atom. The smallest absolute Gasteiger partial charge is 0.224 e. The van der Waals surface area contributed by atoms with Crippen LogP contribution in [0.25, 0.3) is 0 Å². The summed E-state index contributed by atoms with van der Waals surface area (Å²) in [6, 6.07) is 13.8. The molecule has 0 aromatic heterocycles. The predicted octanol–water partition coefficient (Wildman–Crippen LogP) is 4.69. The van der Waals surface area contributed by atoms with E-state index in [2.05, 4.69) is 43.2 Å². The molecule has 2 aromatic rings. The van der Waals surface area contributed by atoms with E-state index in [1.165, 1.54) is 5.56 Å². The molecule has 0 bridgehead atoms. The van der Waals surface area contributed by atoms with E-state index in [4.69, 9.17) is 23.2 Å². The minimum atomic E-state index is -0.0590. The van der Waals surface area contributed by atoms with Crippen LogP contribution in [0.1, 0.15) is 30.5 Å². The highest BCUT2D eigenvalue weighted by atomic mass is 35.5. The summed E-state index contributed by atoms with van der Waals surface area (Å²) >= 11 is 12.0. The monoisotopic (exact) mass is 378 g/mol. The van der Waals surface area contributed by atoms with Gasteiger partial charge in [-0.25, -0.2) is 0 Å². The molecule has 0 aliphatic carbocycles. The van der Waals surface area contributed by atoms with Crippen molar-refractivity contribution in [3.05, 3.63) is 69.2 Å². The Morgan fingerprint density at radius 1 is 1.08 bits per heavy atom. The fourth-order valence-corrected chi connectivity index (χ4v) is 2.91. The van der Waals surface area contributed by atoms with Gasteiger partial charge in [0.25, 0.3) is 0 Å². The quantitative estimate of drug-likeness (QED) is 0.757. The fourth-order valence-electron chi connectivity index (χ4n) is 2.43. The van der Waals surface area contributed by atoms with Gasteiger partial charge < -0.3 is 5.32 Å². The normalized spacial score (nSPS) is 11.2. The molecule has 1 amide bonds. The van der Waals surface area contributed by atoms with Crippen molar-refractivity contribution in [1.82, 2.24) is 10.2 Å². The van der Waals surface area contributed by atoms with Gasteiger partial charge in [0.15, 0.2) is 0 Å². The molecule has 0 saturated carbocycles. The average Bonchev–Trinajstić information content (AvgIpc) is 2.56. The number of carbonyl (C=O) groups is 1. The molecular weight excluding hydrogens is 355 g/mol. The van der Waals surface area contributed by atoms with Crippen molar-refractivity contribution in [3.8, 4) is 0 Å². The predicted molar refractivity (Wildman–Crippen MR) is 105 cm³/mol. The Morgan fingerprint density at radius 2 is 1.76 bits per heavy atom. The number of rotatable bonds is 7. The van der Waals surface area contributed by atoms with Crippen LogP contribution in [-0.2, 0) is 24.3 Å². The first-order chi connectivity index (χ1) is 11.9. The SMILES string of the molecule is CC(C)N(C)Cc1ccccc1CNC(=O)Cc1ccc(Cl)cc1Cl. The Kier molecular flexibility index (Phi) is 7.30. The molecule has 0 radical (unpaired) electrons. The van der Waals surface area contributed by atoms with Crippen molar-refractivity contribution in [3.63, 3.8) is 0 Å². The second-order valence-electron chi connectivity index (χ2n) is 6.47. The molecule has 0 saturated heterocycles. The number of hydrogen-bond donors (Lipinski definition) is 1. The zero-order valence-electron chi connectivity index (χ0n) is 14.9. The van der Waals surface area contributed by atoms with E-state index < -0.39 is 0 Å². The topological polar surface area (TPSA) is 32.3 Å². The van der Waals surface area contributed by atoms with Crippen LogP contribution in [0.3, 0.4) is 0 Å². The summed E-state index contributed by atoms with van der Waals surface area (Å²) < 4.78 is 0. The highest BCUT2D eigenvalue weighted by molar-refractivity contribution is 6.35. The van der Waals surface area contributed by atoms with E-state index in [1.807, 2.05) is 12.1 Å². The lowest BCUT2D eigenvalue weighted by Gasteiger charge is -2.22. The minimum absolute atomic E-state index is 0.0590. The van der Waals surface area contributed by atoms with Crippen LogP contribution in [0.2, 0.25) is 10.0 Å². The minimum Gasteiger partial charge on any atom is -0.352 e. The highest BCUT2D eigenvalue weighted by Gasteiger charge is 2.11. The number of nitrogens with one attached hydrogen (secondary N) is 1. The number of nitrogens with zero attached hydrogens (tertiary/aromatic N) is 1. The van der Waals surface area contributed by atoms with Crippen molar-refractivity contribution >= 4 is 29.1 Å². The molecule has 1 N–H and O–H groups in total. The standard InChI is InChI=1S/C20H24Cl2N2O/c1-14(2)24(3)13-17-7-5-4-6-16(17)12-23-20(25)10-15-8-9-18(21)11-19(15)22/h4-9,11,14H,10,12-13H2,1-3H3,(H,23,25). The van der Waals surface area contributed by atoms with Gasteiger partial charge in [-0.2, -0.15) is 0 Å². The molecule has 0 spiro atoms. The second kappa shape index (κ2) is 9.23. The molecule has 25 heavy (non-hydrogen) atoms. The fraction of sp³-hybridized carbons (Fsp3) is 0.350. The second-order valence-corrected chi connectivity index (χ2v) is 7.31. The Labute approximate surface area is 159 Å². The van der Waals surface area contributed by atoms with Gasteiger partial charge in [-0.3, -0.25) is 9.69 Å². The first-order valence-electron chi connectivity index (χ1n) is 8.34. The first kappa shape index (κ1) is 19.8. The summed E-state index contributed by atoms with van der Waals surface area (Å²) in [5.41, 5.74) is 3.13. The zero-order valence-corrected chi connectivity index (χ0v) is 16.4. The largest absolute Gasteiger partial charge is 0.352 e. The van der Waals surface area contributed by atoms with Crippen molar-refractivity contribution in [2.24, 2.45) is 0 Å². The van der Waals surface area contributed by atoms with E-state index in [0.29, 0.717) is 22.6 Å². The van der Waals surface area contributed by atoms with Crippen LogP contribution in [0.4, 0.5) is 0 Å². The lowest BCUT2D eigenvalue weighted by molar-refractivity contribution is -0.120. The Hall–Kier alpha value is -1.55. The average molecular weight is 379 g/mol. The van der Waals surface area contributed by atoms with Gasteiger partial charge >= 0.3 is 0 Å². The summed E-state index contributed by atoms with van der Waals surface area (Å²) in [4.78, 5) is 14.5. The van der Waals surface area contributed by atoms with Crippen LogP contribution >= 0.6 is 23.2 Å². The lowest BCUT2D eigenvalue weighted by Crippen LogP contribution is -2.28. The van der Waals surface area contributed by atoms with Crippen LogP contribution < -0.4 is 5.32 Å². The molecule has 2 rings (SSSR count). The molecule has 0 unspecified atom stereocenters. The number of amides is 1. The van der Waals surface area contributed by atoms with Crippen LogP contribution in [0, 0.1) is 0 Å². The van der Waals surface area contributed by atoms with Crippen LogP contribution in [-0.4, -0.2) is 23.9 Å². The first-order valence-corrected chi connectivity index (χ1v) is 9.10. The molecule has 0 fully saturated rings. The molecule has 0 aliphatic heterocycles. The number of carbonyl (C=O) groups excluding carboxylic acids is 1. The van der Waals surface area contributed by atoms with Gasteiger partial charge in [0.2, 0.25) is 5.91 Å². The summed E-state index contributed by atoms with van der Waals surface area (Å²) in [7, 11) is 2.10. The maximum Gasteiger partial charge on any atom is 0.224 e. The third-order valence-electron chi connectivity index (χ3n) is 4.26. The number of benzene rings is 2. The molecule has 0 aliphatic rings. The van der Waals surface area contributed by atoms with E-state index >= 15 is 0 Å². The maximum absolute atomic E-state index is 12.3. The zero-order chi connectivity index (χ0) is 18.4. The van der Waals surface area contributed by atoms with Gasteiger partial charge in [0.1, 0.15) is 0 Å². The summed E-state index contributed by atoms with van der Waals surface area (Å²) in [6.45, 7) is 5.69. The van der Waals surface area contributed by atoms with Gasteiger partial charge in [-0.05, 0) is 49.7 Å². The van der Waals surface area contributed by atoms with Crippen molar-refractivity contribution in [2.45, 2.75) is 39.4 Å². The van der Waals surface area contributed by atoms with E-state index in [1.54, 1.807) is 18.2 Å². The third-order valence-corrected chi connectivity index (χ3v) is 4.85. The molecule has 0 heterocycles. The molecule has 3 nitrogen and oxygen atoms in total. The van der Waals surface area contributed by atoms with Crippen LogP contribution in [0.15, 0.2) is 42.5 Å². The van der Waals surface area contributed by atoms with E-state index in [-0.39, 0.29) is 12.3 Å². The number of halogens is 2. The van der Waals surface area contributed by atoms with Crippen molar-refractivity contribution < 1.29 is 4.79 Å². The molecule has 0 atom stereocenters. The van der Waals surface area contributed by atoms with Crippen molar-refractivity contribution in [2.75, 3.05) is 7.05 Å². The van der Waals surface area contributed by atoms with Gasteiger partial charge in [0.05, 0.1) is 6.42 Å².